The van der Waals surface area contributed by atoms with Crippen molar-refractivity contribution in [1.29, 1.82) is 0 Å². The molecule has 1 aromatic rings. The standard InChI is InChI=1S/C15H22FNO/c1-10-6-3-4-8-13(10)18-14-9-5-7-12(16)15(14)11(2)17/h5,7,9-11,13H,3-4,6,8,17H2,1-2H3. The Balaban J connectivity index is 2.20. The van der Waals surface area contributed by atoms with Crippen LogP contribution in [-0.2, 0) is 0 Å². The van der Waals surface area contributed by atoms with Crippen LogP contribution in [0.5, 0.6) is 5.75 Å². The molecular formula is C15H22FNO. The van der Waals surface area contributed by atoms with Crippen molar-refractivity contribution in [3.63, 3.8) is 0 Å². The molecule has 0 heterocycles. The zero-order chi connectivity index (χ0) is 13.1. The van der Waals surface area contributed by atoms with E-state index in [1.165, 1.54) is 25.3 Å². The number of hydrogen-bond donors (Lipinski definition) is 1. The molecule has 1 aliphatic rings. The summed E-state index contributed by atoms with van der Waals surface area (Å²) in [6.07, 6.45) is 4.89. The molecule has 3 unspecified atom stereocenters. The van der Waals surface area contributed by atoms with E-state index in [0.717, 1.165) is 6.42 Å². The molecule has 3 heteroatoms. The average Bonchev–Trinajstić information content (AvgIpc) is 2.31. The van der Waals surface area contributed by atoms with Crippen LogP contribution in [-0.4, -0.2) is 6.10 Å². The van der Waals surface area contributed by atoms with Crippen molar-refractivity contribution in [1.82, 2.24) is 0 Å². The Kier molecular flexibility index (Phi) is 4.23. The van der Waals surface area contributed by atoms with Gasteiger partial charge in [-0.15, -0.1) is 0 Å². The van der Waals surface area contributed by atoms with Crippen LogP contribution in [0.25, 0.3) is 0 Å². The van der Waals surface area contributed by atoms with Gasteiger partial charge in [0.2, 0.25) is 0 Å². The number of nitrogens with two attached hydrogens (primary N) is 1. The summed E-state index contributed by atoms with van der Waals surface area (Å²) in [5.74, 6) is 0.873. The SMILES string of the molecule is CC(N)c1c(F)cccc1OC1CCCCC1C. The Morgan fingerprint density at radius 1 is 1.33 bits per heavy atom. The second-order valence-electron chi connectivity index (χ2n) is 5.36. The van der Waals surface area contributed by atoms with E-state index in [2.05, 4.69) is 6.92 Å². The monoisotopic (exact) mass is 251 g/mol. The van der Waals surface area contributed by atoms with Gasteiger partial charge in [-0.1, -0.05) is 19.4 Å². The Labute approximate surface area is 108 Å². The summed E-state index contributed by atoms with van der Waals surface area (Å²) in [6, 6.07) is 4.60. The van der Waals surface area contributed by atoms with Crippen LogP contribution < -0.4 is 10.5 Å². The Bertz CT molecular complexity index is 405. The molecule has 3 atom stereocenters. The van der Waals surface area contributed by atoms with Crippen LogP contribution in [0, 0.1) is 11.7 Å². The third kappa shape index (κ3) is 2.83. The van der Waals surface area contributed by atoms with Crippen LogP contribution in [0.3, 0.4) is 0 Å². The Morgan fingerprint density at radius 2 is 2.06 bits per heavy atom. The molecule has 0 spiro atoms. The molecule has 2 N–H and O–H groups in total. The fourth-order valence-corrected chi connectivity index (χ4v) is 2.68. The summed E-state index contributed by atoms with van der Waals surface area (Å²) < 4.78 is 19.8. The van der Waals surface area contributed by atoms with Gasteiger partial charge in [0.05, 0.1) is 0 Å². The number of benzene rings is 1. The van der Waals surface area contributed by atoms with E-state index in [1.54, 1.807) is 13.0 Å². The molecule has 0 aromatic heterocycles. The Morgan fingerprint density at radius 3 is 2.72 bits per heavy atom. The minimum absolute atomic E-state index is 0.193. The molecule has 18 heavy (non-hydrogen) atoms. The average molecular weight is 251 g/mol. The van der Waals surface area contributed by atoms with Gasteiger partial charge < -0.3 is 10.5 Å². The first kappa shape index (κ1) is 13.3. The first-order chi connectivity index (χ1) is 8.59. The van der Waals surface area contributed by atoms with Gasteiger partial charge >= 0.3 is 0 Å². The zero-order valence-corrected chi connectivity index (χ0v) is 11.2. The van der Waals surface area contributed by atoms with Gasteiger partial charge in [-0.05, 0) is 44.2 Å². The second kappa shape index (κ2) is 5.70. The molecule has 0 saturated heterocycles. The summed E-state index contributed by atoms with van der Waals surface area (Å²) in [5.41, 5.74) is 6.33. The van der Waals surface area contributed by atoms with E-state index in [1.807, 2.05) is 6.07 Å². The fourth-order valence-electron chi connectivity index (χ4n) is 2.68. The van der Waals surface area contributed by atoms with Gasteiger partial charge in [-0.3, -0.25) is 0 Å². The number of rotatable bonds is 3. The maximum Gasteiger partial charge on any atom is 0.131 e. The highest BCUT2D eigenvalue weighted by atomic mass is 19.1. The van der Waals surface area contributed by atoms with Crippen LogP contribution >= 0.6 is 0 Å². The topological polar surface area (TPSA) is 35.2 Å². The van der Waals surface area contributed by atoms with Gasteiger partial charge in [0.1, 0.15) is 17.7 Å². The van der Waals surface area contributed by atoms with Crippen LogP contribution in [0.1, 0.15) is 51.1 Å². The Hall–Kier alpha value is -1.09. The summed E-state index contributed by atoms with van der Waals surface area (Å²) in [7, 11) is 0. The quantitative estimate of drug-likeness (QED) is 0.886. The molecule has 0 radical (unpaired) electrons. The normalized spacial score (nSPS) is 25.8. The molecule has 1 saturated carbocycles. The molecule has 0 amide bonds. The van der Waals surface area contributed by atoms with Crippen LogP contribution in [0.15, 0.2) is 18.2 Å². The minimum Gasteiger partial charge on any atom is -0.490 e. The summed E-state index contributed by atoms with van der Waals surface area (Å²) in [6.45, 7) is 3.99. The molecular weight excluding hydrogens is 229 g/mol. The third-order valence-electron chi connectivity index (χ3n) is 3.78. The molecule has 2 nitrogen and oxygen atoms in total. The second-order valence-corrected chi connectivity index (χ2v) is 5.36. The van der Waals surface area contributed by atoms with Crippen molar-refractivity contribution in [2.45, 2.75) is 51.7 Å². The molecule has 2 rings (SSSR count). The predicted molar refractivity (Wildman–Crippen MR) is 71.1 cm³/mol. The summed E-state index contributed by atoms with van der Waals surface area (Å²) in [4.78, 5) is 0. The van der Waals surface area contributed by atoms with Gasteiger partial charge in [0.15, 0.2) is 0 Å². The van der Waals surface area contributed by atoms with Gasteiger partial charge in [0, 0.05) is 11.6 Å². The maximum absolute atomic E-state index is 13.8. The zero-order valence-electron chi connectivity index (χ0n) is 11.2. The lowest BCUT2D eigenvalue weighted by molar-refractivity contribution is 0.101. The van der Waals surface area contributed by atoms with Crippen molar-refractivity contribution < 1.29 is 9.13 Å². The summed E-state index contributed by atoms with van der Waals surface area (Å²) >= 11 is 0. The third-order valence-corrected chi connectivity index (χ3v) is 3.78. The van der Waals surface area contributed by atoms with Crippen molar-refractivity contribution in [3.8, 4) is 5.75 Å². The number of ether oxygens (including phenoxy) is 1. The summed E-state index contributed by atoms with van der Waals surface area (Å²) in [5, 5.41) is 0. The highest BCUT2D eigenvalue weighted by molar-refractivity contribution is 5.37. The molecule has 1 fully saturated rings. The van der Waals surface area contributed by atoms with E-state index in [4.69, 9.17) is 10.5 Å². The van der Waals surface area contributed by atoms with E-state index >= 15 is 0 Å². The van der Waals surface area contributed by atoms with Crippen LogP contribution in [0.4, 0.5) is 4.39 Å². The van der Waals surface area contributed by atoms with Crippen molar-refractivity contribution in [3.05, 3.63) is 29.6 Å². The molecule has 1 aliphatic carbocycles. The van der Waals surface area contributed by atoms with Crippen molar-refractivity contribution in [2.75, 3.05) is 0 Å². The fraction of sp³-hybridized carbons (Fsp3) is 0.600. The molecule has 100 valence electrons. The molecule has 0 bridgehead atoms. The molecule has 1 aromatic carbocycles. The number of halogens is 1. The van der Waals surface area contributed by atoms with Crippen molar-refractivity contribution >= 4 is 0 Å². The molecule has 0 aliphatic heterocycles. The van der Waals surface area contributed by atoms with Gasteiger partial charge in [-0.2, -0.15) is 0 Å². The lowest BCUT2D eigenvalue weighted by Crippen LogP contribution is -2.29. The number of hydrogen-bond acceptors (Lipinski definition) is 2. The van der Waals surface area contributed by atoms with E-state index in [9.17, 15) is 4.39 Å². The predicted octanol–water partition coefficient (Wildman–Crippen LogP) is 3.80. The first-order valence-corrected chi connectivity index (χ1v) is 6.80. The smallest absolute Gasteiger partial charge is 0.131 e. The van der Waals surface area contributed by atoms with E-state index in [0.29, 0.717) is 17.2 Å². The lowest BCUT2D eigenvalue weighted by atomic mass is 9.88. The minimum atomic E-state index is -0.347. The maximum atomic E-state index is 13.8. The van der Waals surface area contributed by atoms with Crippen molar-refractivity contribution in [2.24, 2.45) is 11.7 Å². The highest BCUT2D eigenvalue weighted by Crippen LogP contribution is 2.32. The van der Waals surface area contributed by atoms with Gasteiger partial charge in [0.25, 0.3) is 0 Å². The van der Waals surface area contributed by atoms with E-state index in [-0.39, 0.29) is 18.0 Å². The van der Waals surface area contributed by atoms with Gasteiger partial charge in [-0.25, -0.2) is 4.39 Å². The lowest BCUT2D eigenvalue weighted by Gasteiger charge is -2.30. The largest absolute Gasteiger partial charge is 0.490 e. The van der Waals surface area contributed by atoms with E-state index < -0.39 is 0 Å². The first-order valence-electron chi connectivity index (χ1n) is 6.80. The van der Waals surface area contributed by atoms with Crippen LogP contribution in [0.2, 0.25) is 0 Å². The highest BCUT2D eigenvalue weighted by Gasteiger charge is 2.24.